The third-order valence-electron chi connectivity index (χ3n) is 14.8. The van der Waals surface area contributed by atoms with Crippen LogP contribution in [0.15, 0.2) is 0 Å². The molecule has 21 heterocycles. The summed E-state index contributed by atoms with van der Waals surface area (Å²) in [6, 6.07) is 0. The molecular formula is C42H70O14S21. The van der Waals surface area contributed by atoms with Crippen LogP contribution in [0.1, 0.15) is 0 Å². The molecule has 21 aliphatic rings. The van der Waals surface area contributed by atoms with Gasteiger partial charge < -0.3 is 66.3 Å². The predicted molar refractivity (Wildman–Crippen MR) is 371 cm³/mol. The largest absolute Gasteiger partial charge is 0.345 e. The van der Waals surface area contributed by atoms with Crippen molar-refractivity contribution in [2.75, 3.05) is 40.3 Å². The maximum Gasteiger partial charge on any atom is 0.171 e. The van der Waals surface area contributed by atoms with Gasteiger partial charge in [0.1, 0.15) is 42.7 Å². The molecule has 21 saturated heterocycles. The van der Waals surface area contributed by atoms with Gasteiger partial charge in [-0.2, -0.15) is 265 Å². The summed E-state index contributed by atoms with van der Waals surface area (Å²) >= 11 is 103. The van der Waals surface area contributed by atoms with Gasteiger partial charge >= 0.3 is 0 Å². The molecule has 35 heteroatoms. The lowest BCUT2D eigenvalue weighted by Gasteiger charge is -2.51. The quantitative estimate of drug-likeness (QED) is 0.164. The molecule has 0 unspecified atom stereocenters. The van der Waals surface area contributed by atoms with Crippen molar-refractivity contribution < 1.29 is 66.3 Å². The minimum Gasteiger partial charge on any atom is -0.345 e. The van der Waals surface area contributed by atoms with E-state index in [4.69, 9.17) is 243 Å². The normalized spacial score (nSPS) is 55.4. The Morgan fingerprint density at radius 3 is 0.351 bits per heavy atom. The van der Waals surface area contributed by atoms with Crippen molar-refractivity contribution in [2.24, 2.45) is 0 Å². The highest BCUT2D eigenvalue weighted by molar-refractivity contribution is 7.87. The highest BCUT2D eigenvalue weighted by atomic mass is 32.1. The second-order valence-electron chi connectivity index (χ2n) is 19.7. The average Bonchev–Trinajstić information content (AvgIpc) is 3.45. The Hall–Kier alpha value is 6.79. The third-order valence-corrected chi connectivity index (χ3v) is 27.2. The van der Waals surface area contributed by atoms with Crippen molar-refractivity contribution in [1.29, 1.82) is 0 Å². The Balaban J connectivity index is 1.08. The summed E-state index contributed by atoms with van der Waals surface area (Å²) in [7, 11) is 0. The lowest BCUT2D eigenvalue weighted by Crippen LogP contribution is -2.64. The summed E-state index contributed by atoms with van der Waals surface area (Å²) in [6.07, 6.45) is -15.8. The maximum absolute atomic E-state index is 6.73. The van der Waals surface area contributed by atoms with E-state index in [0.717, 1.165) is 0 Å². The number of hydrogen-bond donors (Lipinski definition) is 21. The first-order valence-electron chi connectivity index (χ1n) is 24.6. The van der Waals surface area contributed by atoms with Crippen LogP contribution in [0, 0.1) is 0 Å². The van der Waals surface area contributed by atoms with Crippen LogP contribution in [0.3, 0.4) is 0 Å². The zero-order valence-corrected chi connectivity index (χ0v) is 59.0. The van der Waals surface area contributed by atoms with Gasteiger partial charge in [0.15, 0.2) is 44.0 Å². The van der Waals surface area contributed by atoms with Crippen molar-refractivity contribution in [2.45, 2.75) is 203 Å². The summed E-state index contributed by atoms with van der Waals surface area (Å²) in [4.78, 5) is 0. The molecule has 0 aromatic rings. The Bertz CT molecular complexity index is 1500. The monoisotopic (exact) mass is 1470 g/mol. The minimum absolute atomic E-state index is 0.227. The molecule has 21 aliphatic heterocycles. The Kier molecular flexibility index (Phi) is 28.4. The van der Waals surface area contributed by atoms with Gasteiger partial charge in [-0.15, -0.1) is 0 Å². The van der Waals surface area contributed by atoms with Crippen LogP contribution in [0.2, 0.25) is 0 Å². The van der Waals surface area contributed by atoms with Crippen molar-refractivity contribution in [3.63, 3.8) is 0 Å². The standard InChI is InChI=1S/C42H70O14S21/c57-1-8-15-22(64)29(71)36(43-8)51-16-9(2-58)45-38(31(73)23(16)65)53-18-11(4-60)47-40(33(75)25(18)67)55-20-13(6-62)49-42(35(77)27(20)69)56-21-14(7-63)48-41(34(76)28(21)70)54-19-12(5-61)46-39(32(74)26(19)68)52-17-10(3-59)44-37(50-15)30(72)24(17)66/h8-42,57-77H,1-7H2/t8-,9-,10-,11-,12-,13-,14-,15-,16-,17-,18-,19-,20-,21-,22+,23+,24+,25+,26+,27+,28+,29-,30-,31-,32-,33-,34-,35-,36-,37-,38-,39-,40-,41-,42-/m1/s1. The minimum atomic E-state index is -0.916. The lowest BCUT2D eigenvalue weighted by atomic mass is 10.0. The number of ether oxygens (including phenoxy) is 14. The summed E-state index contributed by atoms with van der Waals surface area (Å²) in [6.45, 7) is 0. The smallest absolute Gasteiger partial charge is 0.171 e. The van der Waals surface area contributed by atoms with Crippen molar-refractivity contribution in [3.05, 3.63) is 0 Å². The van der Waals surface area contributed by atoms with E-state index in [2.05, 4.69) is 88.4 Å². The Morgan fingerprint density at radius 1 is 0.156 bits per heavy atom. The molecule has 0 aromatic heterocycles. The topological polar surface area (TPSA) is 129 Å². The van der Waals surface area contributed by atoms with E-state index in [9.17, 15) is 0 Å². The van der Waals surface area contributed by atoms with Crippen molar-refractivity contribution >= 4 is 265 Å². The van der Waals surface area contributed by atoms with Gasteiger partial charge in [0.25, 0.3) is 0 Å². The van der Waals surface area contributed by atoms with Crippen LogP contribution in [0.4, 0.5) is 0 Å². The molecule has 0 spiro atoms. The fraction of sp³-hybridized carbons (Fsp3) is 1.00. The Morgan fingerprint density at radius 2 is 0.260 bits per heavy atom. The lowest BCUT2D eigenvalue weighted by molar-refractivity contribution is -0.312. The fourth-order valence-corrected chi connectivity index (χ4v) is 17.5. The second kappa shape index (κ2) is 31.4. The molecule has 21 fully saturated rings. The van der Waals surface area contributed by atoms with Gasteiger partial charge in [0, 0.05) is 77.0 Å². The van der Waals surface area contributed by atoms with Crippen LogP contribution >= 0.6 is 265 Å². The average molecular weight is 1470 g/mol. The van der Waals surface area contributed by atoms with Gasteiger partial charge in [-0.05, 0) is 0 Å². The van der Waals surface area contributed by atoms with Crippen LogP contribution in [0.5, 0.6) is 0 Å². The Labute approximate surface area is 568 Å². The van der Waals surface area contributed by atoms with E-state index in [0.29, 0.717) is 0 Å². The molecule has 21 rings (SSSR count). The molecule has 14 nitrogen and oxygen atoms in total. The maximum atomic E-state index is 6.73. The first kappa shape index (κ1) is 69.7. The summed E-state index contributed by atoms with van der Waals surface area (Å²) in [5, 5.41) is -8.39. The van der Waals surface area contributed by atoms with E-state index >= 15 is 0 Å². The van der Waals surface area contributed by atoms with Crippen LogP contribution in [0.25, 0.3) is 0 Å². The summed E-state index contributed by atoms with van der Waals surface area (Å²) < 4.78 is 93.3. The number of hydrogen-bond acceptors (Lipinski definition) is 35. The fourth-order valence-electron chi connectivity index (χ4n) is 10.4. The van der Waals surface area contributed by atoms with Gasteiger partial charge in [-0.1, -0.05) is 0 Å². The van der Waals surface area contributed by atoms with Crippen molar-refractivity contribution in [3.8, 4) is 0 Å². The first-order valence-corrected chi connectivity index (χ1v) is 36.3. The van der Waals surface area contributed by atoms with E-state index < -0.39 is 203 Å². The molecule has 0 N–H and O–H groups in total. The molecule has 0 amide bonds. The molecule has 0 aliphatic carbocycles. The van der Waals surface area contributed by atoms with Crippen LogP contribution in [-0.4, -0.2) is 243 Å². The molecular weight excluding hydrogens is 1400 g/mol. The van der Waals surface area contributed by atoms with E-state index in [1.165, 1.54) is 0 Å². The number of thiol groups is 21. The van der Waals surface area contributed by atoms with E-state index in [1.54, 1.807) is 0 Å². The van der Waals surface area contributed by atoms with E-state index in [-0.39, 0.29) is 40.3 Å². The third kappa shape index (κ3) is 15.2. The van der Waals surface area contributed by atoms with Gasteiger partial charge in [0.2, 0.25) is 0 Å². The molecule has 77 heavy (non-hydrogen) atoms. The zero-order chi connectivity index (χ0) is 56.1. The highest BCUT2D eigenvalue weighted by Gasteiger charge is 2.57. The van der Waals surface area contributed by atoms with Gasteiger partial charge in [-0.25, -0.2) is 0 Å². The first-order chi connectivity index (χ1) is 36.7. The molecule has 0 radical (unpaired) electrons. The summed E-state index contributed by atoms with van der Waals surface area (Å²) in [5.74, 6) is 1.59. The van der Waals surface area contributed by atoms with Crippen LogP contribution in [-0.2, 0) is 66.3 Å². The predicted octanol–water partition coefficient (Wildman–Crippen LogP) is 4.46. The molecule has 0 aromatic carbocycles. The molecule has 35 atom stereocenters. The zero-order valence-electron chi connectivity index (χ0n) is 40.3. The second-order valence-corrected chi connectivity index (χ2v) is 30.6. The van der Waals surface area contributed by atoms with E-state index in [1.807, 2.05) is 0 Å². The summed E-state index contributed by atoms with van der Waals surface area (Å²) in [5.41, 5.74) is 0. The highest BCUT2D eigenvalue weighted by Crippen LogP contribution is 2.45. The molecule has 0 saturated carbocycles. The van der Waals surface area contributed by atoms with Crippen LogP contribution < -0.4 is 0 Å². The van der Waals surface area contributed by atoms with Crippen molar-refractivity contribution in [1.82, 2.24) is 0 Å². The number of rotatable bonds is 7. The SMILES string of the molecule is SC[C@H]1O[C@@H]2O[C@H]3[C@H](S)[C@@H](S)[C@@H](O[C@H]4[C@H](S)[C@@H](S)[C@@H](O[C@H]5[C@H](S)[C@@H](S)[C@@H](O[C@H]6[C@H](S)[C@@H](S)[C@@H](O[C@H]7[C@H](S)[C@@H](S)[C@@H](O[C@H]8[C@H](S)[C@@H](S)[C@@H](O[C@H]1[C@H](S)[C@H]2S)O[C@@H]8CS)O[C@@H]7CS)O[C@@H]6CS)O[C@@H]5CS)O[C@@H]4CS)O[C@@H]3CS. The molecule has 14 bridgehead atoms. The van der Waals surface area contributed by atoms with Gasteiger partial charge in [0.05, 0.1) is 79.5 Å². The van der Waals surface area contributed by atoms with Gasteiger partial charge in [-0.3, -0.25) is 0 Å². The molecule has 448 valence electrons.